The molecule has 3 aliphatic carbocycles. The van der Waals surface area contributed by atoms with Crippen molar-refractivity contribution in [2.45, 2.75) is 88.0 Å². The number of alkyl halides is 1. The fraction of sp³-hybridized carbons (Fsp3) is 0.741. The quantitative estimate of drug-likeness (QED) is 0.229. The molecule has 0 atom stereocenters. The van der Waals surface area contributed by atoms with E-state index in [-0.39, 0.29) is 49.0 Å². The highest BCUT2D eigenvalue weighted by Gasteiger charge is 2.68. The number of hydrogen-bond donors (Lipinski definition) is 4. The number of nitrogen functional groups attached to an aromatic ring is 1. The number of amidine groups is 1. The molecule has 0 radical (unpaired) electrons. The van der Waals surface area contributed by atoms with Crippen LogP contribution in [0.25, 0.3) is 0 Å². The minimum atomic E-state index is -1.54. The fourth-order valence-corrected chi connectivity index (χ4v) is 8.08. The minimum absolute atomic E-state index is 0.120. The summed E-state index contributed by atoms with van der Waals surface area (Å²) in [5.74, 6) is -1.20. The number of amides is 3. The van der Waals surface area contributed by atoms with Crippen LogP contribution in [0.3, 0.4) is 0 Å². The van der Waals surface area contributed by atoms with E-state index in [1.807, 2.05) is 0 Å². The highest BCUT2D eigenvalue weighted by atomic mass is 19.1. The lowest BCUT2D eigenvalue weighted by Crippen LogP contribution is -2.69. The number of nitrogens with zero attached hydrogens (tertiary/aromatic N) is 4. The number of imide groups is 1. The Morgan fingerprint density at radius 2 is 1.73 bits per heavy atom. The van der Waals surface area contributed by atoms with Crippen LogP contribution >= 0.6 is 0 Å². The number of carbonyl (C=O) groups is 2. The summed E-state index contributed by atoms with van der Waals surface area (Å²) in [4.78, 5) is 55.6. The van der Waals surface area contributed by atoms with Crippen molar-refractivity contribution in [2.24, 2.45) is 17.1 Å². The molecule has 3 heterocycles. The van der Waals surface area contributed by atoms with Crippen LogP contribution in [0.5, 0.6) is 5.88 Å². The first-order valence-electron chi connectivity index (χ1n) is 14.3. The van der Waals surface area contributed by atoms with Crippen LogP contribution < -0.4 is 22.3 Å². The van der Waals surface area contributed by atoms with E-state index in [2.05, 4.69) is 5.32 Å². The monoisotopic (exact) mass is 559 g/mol. The van der Waals surface area contributed by atoms with Crippen molar-refractivity contribution in [1.29, 1.82) is 5.41 Å². The van der Waals surface area contributed by atoms with Crippen molar-refractivity contribution < 1.29 is 19.1 Å². The lowest BCUT2D eigenvalue weighted by atomic mass is 9.51. The minimum Gasteiger partial charge on any atom is -0.494 e. The number of halogens is 1. The maximum atomic E-state index is 15.0. The van der Waals surface area contributed by atoms with Gasteiger partial charge in [-0.3, -0.25) is 29.0 Å². The van der Waals surface area contributed by atoms with Crippen molar-refractivity contribution >= 4 is 17.8 Å². The molecule has 13 heteroatoms. The number of hydrogen-bond acceptors (Lipinski definition) is 7. The zero-order chi connectivity index (χ0) is 28.6. The molecule has 3 saturated carbocycles. The smallest absolute Gasteiger partial charge is 0.334 e. The van der Waals surface area contributed by atoms with Gasteiger partial charge in [-0.2, -0.15) is 0 Å². The molecule has 0 unspecified atom stereocenters. The maximum absolute atomic E-state index is 15.0. The lowest BCUT2D eigenvalue weighted by Gasteiger charge is -2.59. The van der Waals surface area contributed by atoms with E-state index in [4.69, 9.17) is 11.1 Å². The molecule has 1 aromatic rings. The molecule has 218 valence electrons. The summed E-state index contributed by atoms with van der Waals surface area (Å²) in [5, 5.41) is 21.6. The van der Waals surface area contributed by atoms with Crippen LogP contribution in [0.1, 0.15) is 75.8 Å². The van der Waals surface area contributed by atoms with Crippen LogP contribution in [-0.2, 0) is 11.3 Å². The van der Waals surface area contributed by atoms with Gasteiger partial charge in [-0.25, -0.2) is 14.0 Å². The number of nitrogens with two attached hydrogens (primary N) is 1. The molecule has 3 amide bonds. The van der Waals surface area contributed by atoms with Gasteiger partial charge < -0.3 is 21.1 Å². The number of aromatic nitrogens is 2. The molecule has 2 aliphatic heterocycles. The number of carbonyl (C=O) groups excluding carboxylic acids is 2. The average Bonchev–Trinajstić information content (AvgIpc) is 3.45. The van der Waals surface area contributed by atoms with Gasteiger partial charge in [-0.1, -0.05) is 12.8 Å². The second-order valence-electron chi connectivity index (χ2n) is 12.9. The van der Waals surface area contributed by atoms with Crippen molar-refractivity contribution in [1.82, 2.24) is 24.3 Å². The largest absolute Gasteiger partial charge is 0.494 e. The van der Waals surface area contributed by atoms with Crippen molar-refractivity contribution in [3.63, 3.8) is 0 Å². The van der Waals surface area contributed by atoms with E-state index in [0.29, 0.717) is 38.5 Å². The van der Waals surface area contributed by atoms with E-state index in [0.717, 1.165) is 35.2 Å². The summed E-state index contributed by atoms with van der Waals surface area (Å²) in [7, 11) is 1.44. The number of aromatic hydroxyl groups is 1. The second-order valence-corrected chi connectivity index (χ2v) is 12.9. The van der Waals surface area contributed by atoms with E-state index in [1.54, 1.807) is 0 Å². The van der Waals surface area contributed by atoms with Gasteiger partial charge in [0.1, 0.15) is 16.9 Å². The Balaban J connectivity index is 1.23. The third-order valence-electron chi connectivity index (χ3n) is 10.3. The van der Waals surface area contributed by atoms with Crippen LogP contribution in [0.2, 0.25) is 0 Å². The molecule has 40 heavy (non-hydrogen) atoms. The van der Waals surface area contributed by atoms with E-state index in [9.17, 15) is 24.3 Å². The molecule has 2 saturated heterocycles. The molecule has 0 aromatic carbocycles. The van der Waals surface area contributed by atoms with Gasteiger partial charge >= 0.3 is 11.7 Å². The first-order valence-corrected chi connectivity index (χ1v) is 14.3. The summed E-state index contributed by atoms with van der Waals surface area (Å²) in [6, 6.07) is -0.904. The molecule has 2 spiro atoms. The zero-order valence-electron chi connectivity index (χ0n) is 22.9. The molecule has 5 N–H and O–H groups in total. The fourth-order valence-electron chi connectivity index (χ4n) is 8.08. The average molecular weight is 560 g/mol. The van der Waals surface area contributed by atoms with E-state index in [1.165, 1.54) is 16.5 Å². The van der Waals surface area contributed by atoms with E-state index >= 15 is 4.39 Å². The lowest BCUT2D eigenvalue weighted by molar-refractivity contribution is -0.151. The Kier molecular flexibility index (Phi) is 6.17. The Morgan fingerprint density at radius 1 is 1.10 bits per heavy atom. The summed E-state index contributed by atoms with van der Waals surface area (Å²) < 4.78 is 17.4. The number of likely N-dealkylation sites (N-methyl/N-ethyl adjacent to an activating group) is 1. The Morgan fingerprint density at radius 3 is 2.27 bits per heavy atom. The number of rotatable bonds is 6. The highest BCUT2D eigenvalue weighted by molar-refractivity contribution is 6.07. The van der Waals surface area contributed by atoms with Gasteiger partial charge in [-0.05, 0) is 62.7 Å². The molecule has 6 rings (SSSR count). The number of nitrogens with one attached hydrogen (secondary N) is 2. The van der Waals surface area contributed by atoms with Gasteiger partial charge in [0.25, 0.3) is 11.5 Å². The topological polar surface area (TPSA) is 167 Å². The predicted molar refractivity (Wildman–Crippen MR) is 143 cm³/mol. The van der Waals surface area contributed by atoms with Crippen molar-refractivity contribution in [2.75, 3.05) is 26.7 Å². The van der Waals surface area contributed by atoms with Crippen LogP contribution in [-0.4, -0.2) is 79.7 Å². The molecular weight excluding hydrogens is 521 g/mol. The molecule has 5 aliphatic rings. The summed E-state index contributed by atoms with van der Waals surface area (Å²) in [6.45, 7) is 0.458. The normalized spacial score (nSPS) is 31.7. The SMILES string of the molecule is CN1C(=O)N(CC2(F)CNC2)C2(CC3(CCC(n4c(=O)c(C(=N)N)c(O)n(CC5CCCC5)c4=O)CC3)C2)C1=O. The third-order valence-corrected chi connectivity index (χ3v) is 10.3. The van der Waals surface area contributed by atoms with Gasteiger partial charge in [0.05, 0.1) is 6.54 Å². The van der Waals surface area contributed by atoms with Crippen molar-refractivity contribution in [3.8, 4) is 5.88 Å². The molecule has 5 fully saturated rings. The standard InChI is InChI=1S/C27H38FN7O5/c1-32-22(38)27(34(23(32)39)15-26(28)13-31-14-26)11-25(12-27)8-6-17(7-9-25)35-21(37)18(19(29)30)20(36)33(24(35)40)10-16-4-2-3-5-16/h16-17,31,36H,2-15H2,1H3,(H3,29,30). The maximum Gasteiger partial charge on any atom is 0.334 e. The van der Waals surface area contributed by atoms with Crippen LogP contribution in [0.15, 0.2) is 9.59 Å². The van der Waals surface area contributed by atoms with Crippen LogP contribution in [0.4, 0.5) is 9.18 Å². The molecule has 0 bridgehead atoms. The van der Waals surface area contributed by atoms with Gasteiger partial charge in [0.15, 0.2) is 5.67 Å². The van der Waals surface area contributed by atoms with Gasteiger partial charge in [-0.15, -0.1) is 0 Å². The first kappa shape index (κ1) is 27.0. The number of urea groups is 1. The Labute approximate surface area is 230 Å². The first-order chi connectivity index (χ1) is 18.9. The summed E-state index contributed by atoms with van der Waals surface area (Å²) >= 11 is 0. The Hall–Kier alpha value is -3.22. The van der Waals surface area contributed by atoms with Crippen molar-refractivity contribution in [3.05, 3.63) is 26.4 Å². The molecule has 1 aromatic heterocycles. The zero-order valence-corrected chi connectivity index (χ0v) is 22.9. The summed E-state index contributed by atoms with van der Waals surface area (Å²) in [5.41, 5.74) is 1.17. The van der Waals surface area contributed by atoms with Gasteiger partial charge in [0.2, 0.25) is 5.88 Å². The molecular formula is C27H38FN7O5. The Bertz CT molecular complexity index is 1380. The third kappa shape index (κ3) is 3.91. The van der Waals surface area contributed by atoms with E-state index < -0.39 is 46.2 Å². The molecule has 12 nitrogen and oxygen atoms in total. The summed E-state index contributed by atoms with van der Waals surface area (Å²) in [6.07, 6.45) is 7.07. The van der Waals surface area contributed by atoms with Gasteiger partial charge in [0, 0.05) is 32.7 Å². The second kappa shape index (κ2) is 9.15. The van der Waals surface area contributed by atoms with Crippen LogP contribution in [0, 0.1) is 16.7 Å². The highest BCUT2D eigenvalue weighted by Crippen LogP contribution is 2.62. The predicted octanol–water partition coefficient (Wildman–Crippen LogP) is 1.03.